The Kier molecular flexibility index (Phi) is 6.81. The van der Waals surface area contributed by atoms with Gasteiger partial charge in [-0.3, -0.25) is 0 Å². The van der Waals surface area contributed by atoms with Crippen LogP contribution in [0, 0.1) is 6.92 Å². The predicted octanol–water partition coefficient (Wildman–Crippen LogP) is 4.23. The van der Waals surface area contributed by atoms with Crippen molar-refractivity contribution >= 4 is 0 Å². The Hall–Kier alpha value is -1.02. The molecule has 0 aliphatic heterocycles. The van der Waals surface area contributed by atoms with Gasteiger partial charge in [0.05, 0.1) is 6.61 Å². The van der Waals surface area contributed by atoms with Crippen molar-refractivity contribution < 1.29 is 4.74 Å². The highest BCUT2D eigenvalue weighted by Crippen LogP contribution is 2.29. The first kappa shape index (κ1) is 15.0. The molecular weight excluding hydrogens is 222 g/mol. The van der Waals surface area contributed by atoms with Crippen LogP contribution in [-0.4, -0.2) is 13.2 Å². The Morgan fingerprint density at radius 1 is 1.17 bits per heavy atom. The van der Waals surface area contributed by atoms with Gasteiger partial charge in [0.1, 0.15) is 5.75 Å². The van der Waals surface area contributed by atoms with Gasteiger partial charge in [-0.2, -0.15) is 0 Å². The molecular formula is C16H27NO. The summed E-state index contributed by atoms with van der Waals surface area (Å²) in [6.45, 7) is 10.4. The predicted molar refractivity (Wildman–Crippen MR) is 78.3 cm³/mol. The molecule has 102 valence electrons. The molecule has 0 radical (unpaired) electrons. The van der Waals surface area contributed by atoms with Gasteiger partial charge < -0.3 is 10.1 Å². The Morgan fingerprint density at radius 3 is 2.56 bits per heavy atom. The van der Waals surface area contributed by atoms with Crippen LogP contribution in [0.3, 0.4) is 0 Å². The van der Waals surface area contributed by atoms with Crippen molar-refractivity contribution in [3.05, 3.63) is 29.3 Å². The van der Waals surface area contributed by atoms with Gasteiger partial charge in [0.2, 0.25) is 0 Å². The monoisotopic (exact) mass is 249 g/mol. The lowest BCUT2D eigenvalue weighted by Gasteiger charge is -2.22. The molecule has 0 saturated heterocycles. The van der Waals surface area contributed by atoms with Gasteiger partial charge in [-0.25, -0.2) is 0 Å². The first-order valence-corrected chi connectivity index (χ1v) is 7.19. The maximum Gasteiger partial charge on any atom is 0.124 e. The first-order chi connectivity index (χ1) is 8.72. The van der Waals surface area contributed by atoms with E-state index in [2.05, 4.69) is 44.3 Å². The van der Waals surface area contributed by atoms with E-state index in [0.29, 0.717) is 6.04 Å². The van der Waals surface area contributed by atoms with E-state index in [4.69, 9.17) is 4.74 Å². The van der Waals surface area contributed by atoms with E-state index >= 15 is 0 Å². The summed E-state index contributed by atoms with van der Waals surface area (Å²) >= 11 is 0. The summed E-state index contributed by atoms with van der Waals surface area (Å²) < 4.78 is 5.76. The summed E-state index contributed by atoms with van der Waals surface area (Å²) in [6, 6.07) is 6.90. The molecule has 0 amide bonds. The minimum absolute atomic E-state index is 0.413. The van der Waals surface area contributed by atoms with E-state index in [1.807, 2.05) is 6.92 Å². The van der Waals surface area contributed by atoms with Gasteiger partial charge >= 0.3 is 0 Å². The number of hydrogen-bond donors (Lipinski definition) is 1. The maximum atomic E-state index is 5.76. The second-order valence-corrected chi connectivity index (χ2v) is 4.77. The molecule has 0 aliphatic carbocycles. The lowest BCUT2D eigenvalue weighted by atomic mass is 9.99. The molecule has 0 aromatic heterocycles. The molecule has 1 unspecified atom stereocenters. The highest BCUT2D eigenvalue weighted by atomic mass is 16.5. The molecule has 1 rings (SSSR count). The van der Waals surface area contributed by atoms with Gasteiger partial charge in [-0.05, 0) is 39.3 Å². The summed E-state index contributed by atoms with van der Waals surface area (Å²) in [5, 5.41) is 3.63. The Bertz CT molecular complexity index is 349. The van der Waals surface area contributed by atoms with E-state index in [1.165, 1.54) is 17.5 Å². The van der Waals surface area contributed by atoms with Gasteiger partial charge in [-0.15, -0.1) is 0 Å². The molecule has 0 saturated carbocycles. The van der Waals surface area contributed by atoms with Crippen LogP contribution in [0.5, 0.6) is 5.75 Å². The molecule has 0 bridgehead atoms. The molecule has 1 aromatic carbocycles. The van der Waals surface area contributed by atoms with Crippen molar-refractivity contribution in [3.8, 4) is 5.75 Å². The fourth-order valence-electron chi connectivity index (χ4n) is 2.20. The van der Waals surface area contributed by atoms with Crippen LogP contribution in [0.1, 0.15) is 57.2 Å². The van der Waals surface area contributed by atoms with Crippen LogP contribution in [-0.2, 0) is 0 Å². The van der Waals surface area contributed by atoms with Crippen LogP contribution < -0.4 is 10.1 Å². The van der Waals surface area contributed by atoms with E-state index < -0.39 is 0 Å². The Labute approximate surface area is 112 Å². The van der Waals surface area contributed by atoms with Crippen LogP contribution in [0.2, 0.25) is 0 Å². The lowest BCUT2D eigenvalue weighted by molar-refractivity contribution is 0.329. The van der Waals surface area contributed by atoms with Crippen molar-refractivity contribution in [2.75, 3.05) is 13.2 Å². The SMILES string of the molecule is CCCNC(CCC)c1cc(C)ccc1OCC. The topological polar surface area (TPSA) is 21.3 Å². The van der Waals surface area contributed by atoms with Crippen LogP contribution >= 0.6 is 0 Å². The molecule has 2 heteroatoms. The van der Waals surface area contributed by atoms with Gasteiger partial charge in [0.15, 0.2) is 0 Å². The standard InChI is InChI=1S/C16H27NO/c1-5-8-15(17-11-6-2)14-12-13(4)9-10-16(14)18-7-3/h9-10,12,15,17H,5-8,11H2,1-4H3. The summed E-state index contributed by atoms with van der Waals surface area (Å²) in [5.41, 5.74) is 2.61. The first-order valence-electron chi connectivity index (χ1n) is 7.19. The Balaban J connectivity index is 2.95. The minimum Gasteiger partial charge on any atom is -0.494 e. The van der Waals surface area contributed by atoms with E-state index in [1.54, 1.807) is 0 Å². The molecule has 0 aliphatic rings. The summed E-state index contributed by atoms with van der Waals surface area (Å²) in [7, 11) is 0. The molecule has 1 N–H and O–H groups in total. The summed E-state index contributed by atoms with van der Waals surface area (Å²) in [5.74, 6) is 1.03. The quantitative estimate of drug-likeness (QED) is 0.744. The smallest absolute Gasteiger partial charge is 0.124 e. The molecule has 0 fully saturated rings. The van der Waals surface area contributed by atoms with Crippen molar-refractivity contribution in [3.63, 3.8) is 0 Å². The second-order valence-electron chi connectivity index (χ2n) is 4.77. The molecule has 0 spiro atoms. The highest BCUT2D eigenvalue weighted by Gasteiger charge is 2.15. The third-order valence-corrected chi connectivity index (χ3v) is 3.06. The molecule has 1 atom stereocenters. The maximum absolute atomic E-state index is 5.76. The molecule has 0 heterocycles. The summed E-state index contributed by atoms with van der Waals surface area (Å²) in [6.07, 6.45) is 3.50. The highest BCUT2D eigenvalue weighted by molar-refractivity contribution is 5.39. The molecule has 2 nitrogen and oxygen atoms in total. The number of benzene rings is 1. The van der Waals surface area contributed by atoms with Crippen molar-refractivity contribution in [1.82, 2.24) is 5.32 Å². The van der Waals surface area contributed by atoms with Gasteiger partial charge in [-0.1, -0.05) is 38.0 Å². The minimum atomic E-state index is 0.413. The Morgan fingerprint density at radius 2 is 1.94 bits per heavy atom. The van der Waals surface area contributed by atoms with Crippen LogP contribution in [0.25, 0.3) is 0 Å². The van der Waals surface area contributed by atoms with Gasteiger partial charge in [0.25, 0.3) is 0 Å². The van der Waals surface area contributed by atoms with Gasteiger partial charge in [0, 0.05) is 11.6 Å². The fourth-order valence-corrected chi connectivity index (χ4v) is 2.20. The normalized spacial score (nSPS) is 12.4. The van der Waals surface area contributed by atoms with E-state index in [-0.39, 0.29) is 0 Å². The molecule has 18 heavy (non-hydrogen) atoms. The van der Waals surface area contributed by atoms with Crippen molar-refractivity contribution in [2.24, 2.45) is 0 Å². The number of hydrogen-bond acceptors (Lipinski definition) is 2. The second kappa shape index (κ2) is 8.15. The van der Waals surface area contributed by atoms with E-state index in [0.717, 1.165) is 31.7 Å². The number of rotatable bonds is 8. The average Bonchev–Trinajstić information content (AvgIpc) is 2.37. The van der Waals surface area contributed by atoms with Crippen LogP contribution in [0.15, 0.2) is 18.2 Å². The summed E-state index contributed by atoms with van der Waals surface area (Å²) in [4.78, 5) is 0. The van der Waals surface area contributed by atoms with Crippen LogP contribution in [0.4, 0.5) is 0 Å². The molecule has 1 aromatic rings. The number of nitrogens with one attached hydrogen (secondary N) is 1. The third kappa shape index (κ3) is 4.34. The van der Waals surface area contributed by atoms with Crippen molar-refractivity contribution in [2.45, 2.75) is 53.0 Å². The largest absolute Gasteiger partial charge is 0.494 e. The van der Waals surface area contributed by atoms with Crippen molar-refractivity contribution in [1.29, 1.82) is 0 Å². The zero-order valence-corrected chi connectivity index (χ0v) is 12.3. The fraction of sp³-hybridized carbons (Fsp3) is 0.625. The third-order valence-electron chi connectivity index (χ3n) is 3.06. The number of ether oxygens (including phenoxy) is 1. The zero-order valence-electron chi connectivity index (χ0n) is 12.3. The average molecular weight is 249 g/mol. The lowest BCUT2D eigenvalue weighted by Crippen LogP contribution is -2.22. The zero-order chi connectivity index (χ0) is 13.4. The van der Waals surface area contributed by atoms with E-state index in [9.17, 15) is 0 Å². The number of aryl methyl sites for hydroxylation is 1.